The Labute approximate surface area is 174 Å². The van der Waals surface area contributed by atoms with E-state index in [1.54, 1.807) is 17.7 Å². The maximum atomic E-state index is 11.4. The van der Waals surface area contributed by atoms with E-state index in [0.29, 0.717) is 11.4 Å². The Morgan fingerprint density at radius 2 is 2.17 bits per heavy atom. The van der Waals surface area contributed by atoms with Crippen molar-refractivity contribution in [2.45, 2.75) is 51.5 Å². The number of phosphoric acid groups is 1. The number of allylic oxidation sites excluding steroid dienone is 1. The van der Waals surface area contributed by atoms with Gasteiger partial charge in [-0.3, -0.25) is 9.09 Å². The number of aliphatic imine (C=N–C) groups is 1. The molecular formula is C16H28N4O8P2. The van der Waals surface area contributed by atoms with Crippen LogP contribution in [0, 0.1) is 6.92 Å². The van der Waals surface area contributed by atoms with Gasteiger partial charge in [0.1, 0.15) is 24.1 Å². The Balaban J connectivity index is 2.19. The van der Waals surface area contributed by atoms with Crippen LogP contribution in [0.15, 0.2) is 23.6 Å². The fraction of sp³-hybridized carbons (Fsp3) is 0.625. The molecular weight excluding hydrogens is 438 g/mol. The van der Waals surface area contributed by atoms with Gasteiger partial charge >= 0.3 is 15.4 Å². The largest absolute Gasteiger partial charge is 0.469 e. The van der Waals surface area contributed by atoms with Gasteiger partial charge in [-0.1, -0.05) is 19.4 Å². The Hall–Kier alpha value is -1.36. The highest BCUT2D eigenvalue weighted by Gasteiger charge is 2.42. The van der Waals surface area contributed by atoms with Gasteiger partial charge in [-0.15, -0.1) is 0 Å². The van der Waals surface area contributed by atoms with Gasteiger partial charge in [-0.2, -0.15) is 0 Å². The lowest BCUT2D eigenvalue weighted by Gasteiger charge is -2.19. The first-order chi connectivity index (χ1) is 13.9. The molecule has 5 N–H and O–H groups in total. The van der Waals surface area contributed by atoms with Crippen LogP contribution in [-0.4, -0.2) is 55.5 Å². The van der Waals surface area contributed by atoms with E-state index in [9.17, 15) is 14.0 Å². The SMILES string of the molecule is CCC/C=C/N=C(N)c1ncn([C@H]2C[C@H](OP(=O)(O)O)[C@@H](COP(C)(=O)O)O2)c1C. The molecule has 2 heterocycles. The number of ether oxygens (including phenoxy) is 1. The minimum Gasteiger partial charge on any atom is -0.382 e. The average Bonchev–Trinajstić information content (AvgIpc) is 3.18. The van der Waals surface area contributed by atoms with Crippen LogP contribution in [0.5, 0.6) is 0 Å². The first-order valence-electron chi connectivity index (χ1n) is 9.27. The second-order valence-electron chi connectivity index (χ2n) is 6.87. The minimum absolute atomic E-state index is 0.0582. The predicted molar refractivity (Wildman–Crippen MR) is 109 cm³/mol. The van der Waals surface area contributed by atoms with Crippen molar-refractivity contribution in [3.8, 4) is 0 Å². The summed E-state index contributed by atoms with van der Waals surface area (Å²) >= 11 is 0. The van der Waals surface area contributed by atoms with Crippen LogP contribution in [0.3, 0.4) is 0 Å². The maximum Gasteiger partial charge on any atom is 0.469 e. The molecule has 0 bridgehead atoms. The molecule has 14 heteroatoms. The fourth-order valence-electron chi connectivity index (χ4n) is 2.92. The van der Waals surface area contributed by atoms with E-state index >= 15 is 0 Å². The zero-order valence-electron chi connectivity index (χ0n) is 17.0. The third kappa shape index (κ3) is 7.40. The number of rotatable bonds is 10. The molecule has 2 rings (SSSR count). The molecule has 1 aromatic heterocycles. The van der Waals surface area contributed by atoms with E-state index in [4.69, 9.17) is 29.3 Å². The van der Waals surface area contributed by atoms with Gasteiger partial charge in [-0.05, 0) is 13.3 Å². The van der Waals surface area contributed by atoms with Crippen LogP contribution in [0.4, 0.5) is 0 Å². The number of hydrogen-bond acceptors (Lipinski definition) is 7. The summed E-state index contributed by atoms with van der Waals surface area (Å²) in [7, 11) is -8.62. The van der Waals surface area contributed by atoms with E-state index in [-0.39, 0.29) is 18.9 Å². The molecule has 170 valence electrons. The number of unbranched alkanes of at least 4 members (excludes halogenated alkanes) is 1. The number of amidine groups is 1. The van der Waals surface area contributed by atoms with Crippen molar-refractivity contribution < 1.29 is 37.6 Å². The molecule has 12 nitrogen and oxygen atoms in total. The number of imidazole rings is 1. The van der Waals surface area contributed by atoms with Crippen molar-refractivity contribution in [3.05, 3.63) is 30.0 Å². The standard InChI is InChI=1S/C16H28N4O8P2/c1-4-5-6-7-18-16(17)15-11(2)20(10-19-15)14-8-12(28-30(23,24)25)13(27-14)9-26-29(3,21)22/h6-7,10,12-14H,4-5,8-9H2,1-3H3,(H2,17,18)(H,21,22)(H2,23,24,25)/b7-6+/t12-,13+,14+/m0/s1. The molecule has 0 aliphatic carbocycles. The lowest BCUT2D eigenvalue weighted by molar-refractivity contribution is -0.0405. The quantitative estimate of drug-likeness (QED) is 0.226. The van der Waals surface area contributed by atoms with Gasteiger partial charge in [0.25, 0.3) is 0 Å². The molecule has 0 amide bonds. The summed E-state index contributed by atoms with van der Waals surface area (Å²) < 4.78 is 39.8. The maximum absolute atomic E-state index is 11.4. The molecule has 1 fully saturated rings. The first-order valence-corrected chi connectivity index (χ1v) is 12.8. The van der Waals surface area contributed by atoms with E-state index in [1.165, 1.54) is 6.33 Å². The highest BCUT2D eigenvalue weighted by Crippen LogP contribution is 2.45. The number of aromatic nitrogens is 2. The number of phosphoric ester groups is 1. The molecule has 1 saturated heterocycles. The number of nitrogens with zero attached hydrogens (tertiary/aromatic N) is 3. The highest BCUT2D eigenvalue weighted by atomic mass is 31.2. The lowest BCUT2D eigenvalue weighted by Crippen LogP contribution is -2.28. The van der Waals surface area contributed by atoms with Gasteiger partial charge in [-0.25, -0.2) is 14.5 Å². The zero-order valence-corrected chi connectivity index (χ0v) is 18.8. The Kier molecular flexibility index (Phi) is 8.55. The summed E-state index contributed by atoms with van der Waals surface area (Å²) in [6, 6.07) is 0. The predicted octanol–water partition coefficient (Wildman–Crippen LogP) is 1.81. The second kappa shape index (κ2) is 10.3. The molecule has 0 saturated carbocycles. The fourth-order valence-corrected chi connectivity index (χ4v) is 3.92. The summed E-state index contributed by atoms with van der Waals surface area (Å²) in [5.41, 5.74) is 7.07. The van der Waals surface area contributed by atoms with E-state index in [0.717, 1.165) is 19.5 Å². The number of nitrogens with two attached hydrogens (primary N) is 1. The normalized spacial score (nSPS) is 25.1. The topological polar surface area (TPSA) is 179 Å². The average molecular weight is 466 g/mol. The van der Waals surface area contributed by atoms with Crippen LogP contribution >= 0.6 is 15.4 Å². The monoisotopic (exact) mass is 466 g/mol. The zero-order chi connectivity index (χ0) is 22.5. The summed E-state index contributed by atoms with van der Waals surface area (Å²) in [5.74, 6) is 0.215. The van der Waals surface area contributed by atoms with Gasteiger partial charge in [0.2, 0.25) is 0 Å². The molecule has 0 aromatic carbocycles. The van der Waals surface area contributed by atoms with Crippen LogP contribution in [0.25, 0.3) is 0 Å². The van der Waals surface area contributed by atoms with Crippen molar-refractivity contribution in [2.24, 2.45) is 10.7 Å². The molecule has 1 unspecified atom stereocenters. The third-order valence-electron chi connectivity index (χ3n) is 4.30. The molecule has 1 aliphatic rings. The number of hydrogen-bond donors (Lipinski definition) is 4. The molecule has 0 spiro atoms. The van der Waals surface area contributed by atoms with Crippen LogP contribution in [0.2, 0.25) is 0 Å². The summed E-state index contributed by atoms with van der Waals surface area (Å²) in [5, 5.41) is 0. The Morgan fingerprint density at radius 1 is 1.47 bits per heavy atom. The lowest BCUT2D eigenvalue weighted by atomic mass is 10.2. The van der Waals surface area contributed by atoms with E-state index in [1.807, 2.05) is 13.0 Å². The second-order valence-corrected chi connectivity index (χ2v) is 9.93. The summed E-state index contributed by atoms with van der Waals surface area (Å²) in [6.07, 6.45) is 4.17. The third-order valence-corrected chi connectivity index (χ3v) is 5.47. The van der Waals surface area contributed by atoms with Gasteiger partial charge in [0.15, 0.2) is 5.84 Å². The molecule has 30 heavy (non-hydrogen) atoms. The summed E-state index contributed by atoms with van der Waals surface area (Å²) in [6.45, 7) is 4.42. The molecule has 4 atom stereocenters. The Morgan fingerprint density at radius 3 is 2.77 bits per heavy atom. The van der Waals surface area contributed by atoms with Crippen LogP contribution < -0.4 is 5.73 Å². The van der Waals surface area contributed by atoms with Crippen molar-refractivity contribution >= 4 is 21.3 Å². The highest BCUT2D eigenvalue weighted by molar-refractivity contribution is 7.51. The van der Waals surface area contributed by atoms with Crippen molar-refractivity contribution in [1.82, 2.24) is 9.55 Å². The molecule has 1 aromatic rings. The molecule has 1 aliphatic heterocycles. The first kappa shape index (κ1) is 24.9. The van der Waals surface area contributed by atoms with Crippen LogP contribution in [-0.2, 0) is 22.9 Å². The van der Waals surface area contributed by atoms with Crippen molar-refractivity contribution in [3.63, 3.8) is 0 Å². The van der Waals surface area contributed by atoms with Gasteiger partial charge in [0.05, 0.1) is 12.9 Å². The van der Waals surface area contributed by atoms with Gasteiger partial charge in [0, 0.05) is 25.0 Å². The molecule has 0 radical (unpaired) electrons. The van der Waals surface area contributed by atoms with E-state index < -0.39 is 33.9 Å². The Bertz CT molecular complexity index is 875. The van der Waals surface area contributed by atoms with E-state index in [2.05, 4.69) is 9.98 Å². The smallest absolute Gasteiger partial charge is 0.382 e. The van der Waals surface area contributed by atoms with Crippen molar-refractivity contribution in [1.29, 1.82) is 0 Å². The summed E-state index contributed by atoms with van der Waals surface area (Å²) in [4.78, 5) is 36.1. The van der Waals surface area contributed by atoms with Crippen molar-refractivity contribution in [2.75, 3.05) is 13.3 Å². The minimum atomic E-state index is -4.81. The van der Waals surface area contributed by atoms with Gasteiger partial charge < -0.3 is 34.2 Å². The van der Waals surface area contributed by atoms with Crippen LogP contribution in [0.1, 0.15) is 43.8 Å².